The zero-order valence-electron chi connectivity index (χ0n) is 8.07. The number of nitrogens with zero attached hydrogens (tertiary/aromatic N) is 3. The third-order valence-corrected chi connectivity index (χ3v) is 2.86. The van der Waals surface area contributed by atoms with Gasteiger partial charge in [-0.15, -0.1) is 0 Å². The smallest absolute Gasteiger partial charge is 0.317 e. The first-order chi connectivity index (χ1) is 6.81. The fourth-order valence-corrected chi connectivity index (χ4v) is 2.08. The van der Waals surface area contributed by atoms with E-state index in [4.69, 9.17) is 5.26 Å². The topological polar surface area (TPSA) is 59.4 Å². The molecule has 5 heteroatoms. The molecule has 0 saturated carbocycles. The Hall–Kier alpha value is -1.28. The molecule has 0 aromatic carbocycles. The number of fused-ring (bicyclic) bond motifs is 1. The SMILES string of the molecule is N#CCCN1CCN2C(=O)NCC2C1. The molecule has 2 fully saturated rings. The lowest BCUT2D eigenvalue weighted by Crippen LogP contribution is -2.52. The number of piperazine rings is 1. The Kier molecular flexibility index (Phi) is 2.55. The third kappa shape index (κ3) is 1.66. The normalized spacial score (nSPS) is 26.9. The molecule has 1 N–H and O–H groups in total. The highest BCUT2D eigenvalue weighted by molar-refractivity contribution is 5.77. The highest BCUT2D eigenvalue weighted by Crippen LogP contribution is 2.13. The van der Waals surface area contributed by atoms with Crippen LogP contribution in [0.3, 0.4) is 0 Å². The molecule has 0 radical (unpaired) electrons. The van der Waals surface area contributed by atoms with Gasteiger partial charge in [-0.2, -0.15) is 5.26 Å². The van der Waals surface area contributed by atoms with E-state index in [9.17, 15) is 4.79 Å². The van der Waals surface area contributed by atoms with Gasteiger partial charge in [0.2, 0.25) is 0 Å². The van der Waals surface area contributed by atoms with Crippen LogP contribution in [-0.4, -0.2) is 54.6 Å². The monoisotopic (exact) mass is 194 g/mol. The van der Waals surface area contributed by atoms with Crippen molar-refractivity contribution in [1.82, 2.24) is 15.1 Å². The van der Waals surface area contributed by atoms with Crippen LogP contribution in [-0.2, 0) is 0 Å². The largest absolute Gasteiger partial charge is 0.336 e. The van der Waals surface area contributed by atoms with Crippen molar-refractivity contribution in [1.29, 1.82) is 5.26 Å². The maximum atomic E-state index is 11.3. The second-order valence-corrected chi connectivity index (χ2v) is 3.74. The van der Waals surface area contributed by atoms with Gasteiger partial charge in [0.15, 0.2) is 0 Å². The molecule has 76 valence electrons. The summed E-state index contributed by atoms with van der Waals surface area (Å²) >= 11 is 0. The van der Waals surface area contributed by atoms with E-state index < -0.39 is 0 Å². The Morgan fingerprint density at radius 3 is 3.21 bits per heavy atom. The predicted octanol–water partition coefficient (Wildman–Crippen LogP) is -0.391. The fourth-order valence-electron chi connectivity index (χ4n) is 2.08. The van der Waals surface area contributed by atoms with Gasteiger partial charge in [0.05, 0.1) is 12.1 Å². The molecule has 0 spiro atoms. The van der Waals surface area contributed by atoms with Crippen molar-refractivity contribution in [2.24, 2.45) is 0 Å². The molecule has 0 aliphatic carbocycles. The molecule has 2 aliphatic heterocycles. The summed E-state index contributed by atoms with van der Waals surface area (Å²) in [6.07, 6.45) is 0.577. The summed E-state index contributed by atoms with van der Waals surface area (Å²) in [6.45, 7) is 4.17. The standard InChI is InChI=1S/C9H14N4O/c10-2-1-3-12-4-5-13-8(7-12)6-11-9(13)14/h8H,1,3-7H2,(H,11,14). The number of hydrogen-bond donors (Lipinski definition) is 1. The number of nitrogens with one attached hydrogen (secondary N) is 1. The van der Waals surface area contributed by atoms with Gasteiger partial charge in [0.25, 0.3) is 0 Å². The Morgan fingerprint density at radius 2 is 2.43 bits per heavy atom. The summed E-state index contributed by atoms with van der Waals surface area (Å²) in [5.41, 5.74) is 0. The average molecular weight is 194 g/mol. The molecule has 0 aromatic heterocycles. The number of carbonyl (C=O) groups excluding carboxylic acids is 1. The summed E-state index contributed by atoms with van der Waals surface area (Å²) in [6, 6.07) is 2.53. The summed E-state index contributed by atoms with van der Waals surface area (Å²) in [5.74, 6) is 0. The van der Waals surface area contributed by atoms with E-state index in [1.165, 1.54) is 0 Å². The van der Waals surface area contributed by atoms with Crippen LogP contribution in [0.5, 0.6) is 0 Å². The lowest BCUT2D eigenvalue weighted by Gasteiger charge is -2.35. The van der Waals surface area contributed by atoms with Gasteiger partial charge < -0.3 is 10.2 Å². The lowest BCUT2D eigenvalue weighted by molar-refractivity contribution is 0.123. The minimum absolute atomic E-state index is 0.0648. The molecule has 2 saturated heterocycles. The summed E-state index contributed by atoms with van der Waals surface area (Å²) in [5, 5.41) is 11.3. The van der Waals surface area contributed by atoms with Gasteiger partial charge in [-0.3, -0.25) is 4.90 Å². The van der Waals surface area contributed by atoms with Crippen LogP contribution in [0.1, 0.15) is 6.42 Å². The van der Waals surface area contributed by atoms with Gasteiger partial charge >= 0.3 is 6.03 Å². The number of nitriles is 1. The van der Waals surface area contributed by atoms with Crippen LogP contribution in [0.2, 0.25) is 0 Å². The van der Waals surface area contributed by atoms with Crippen LogP contribution in [0, 0.1) is 11.3 Å². The zero-order chi connectivity index (χ0) is 9.97. The van der Waals surface area contributed by atoms with Crippen molar-refractivity contribution in [3.63, 3.8) is 0 Å². The maximum Gasteiger partial charge on any atom is 0.317 e. The number of carbonyl (C=O) groups is 1. The van der Waals surface area contributed by atoms with Crippen molar-refractivity contribution < 1.29 is 4.79 Å². The van der Waals surface area contributed by atoms with Gasteiger partial charge in [-0.05, 0) is 0 Å². The van der Waals surface area contributed by atoms with Crippen molar-refractivity contribution >= 4 is 6.03 Å². The fraction of sp³-hybridized carbons (Fsp3) is 0.778. The summed E-state index contributed by atoms with van der Waals surface area (Å²) in [7, 11) is 0. The third-order valence-electron chi connectivity index (χ3n) is 2.86. The van der Waals surface area contributed by atoms with E-state index in [-0.39, 0.29) is 6.03 Å². The second kappa shape index (κ2) is 3.84. The second-order valence-electron chi connectivity index (χ2n) is 3.74. The molecule has 14 heavy (non-hydrogen) atoms. The molecule has 2 aliphatic rings. The molecule has 2 amide bonds. The molecule has 5 nitrogen and oxygen atoms in total. The van der Waals surface area contributed by atoms with Crippen LogP contribution in [0.4, 0.5) is 4.79 Å². The van der Waals surface area contributed by atoms with Gasteiger partial charge in [-0.25, -0.2) is 4.79 Å². The van der Waals surface area contributed by atoms with E-state index in [0.29, 0.717) is 12.5 Å². The molecule has 2 rings (SSSR count). The molecule has 0 bridgehead atoms. The van der Waals surface area contributed by atoms with Crippen molar-refractivity contribution in [2.45, 2.75) is 12.5 Å². The lowest BCUT2D eigenvalue weighted by atomic mass is 10.2. The molecule has 0 aromatic rings. The minimum Gasteiger partial charge on any atom is -0.336 e. The Labute approximate surface area is 83.3 Å². The van der Waals surface area contributed by atoms with E-state index in [2.05, 4.69) is 16.3 Å². The molecule has 2 heterocycles. The highest BCUT2D eigenvalue weighted by Gasteiger charge is 2.34. The first-order valence-corrected chi connectivity index (χ1v) is 4.95. The number of amides is 2. The zero-order valence-corrected chi connectivity index (χ0v) is 8.07. The molecular weight excluding hydrogens is 180 g/mol. The number of urea groups is 1. The number of hydrogen-bond acceptors (Lipinski definition) is 3. The first kappa shape index (κ1) is 9.28. The van der Waals surface area contributed by atoms with E-state index in [0.717, 1.165) is 32.7 Å². The summed E-state index contributed by atoms with van der Waals surface area (Å²) in [4.78, 5) is 15.4. The summed E-state index contributed by atoms with van der Waals surface area (Å²) < 4.78 is 0. The van der Waals surface area contributed by atoms with Crippen LogP contribution in [0.15, 0.2) is 0 Å². The minimum atomic E-state index is 0.0648. The Balaban J connectivity index is 1.87. The average Bonchev–Trinajstić information content (AvgIpc) is 2.57. The predicted molar refractivity (Wildman–Crippen MR) is 50.6 cm³/mol. The maximum absolute atomic E-state index is 11.3. The Morgan fingerprint density at radius 1 is 1.57 bits per heavy atom. The van der Waals surface area contributed by atoms with E-state index >= 15 is 0 Å². The highest BCUT2D eigenvalue weighted by atomic mass is 16.2. The first-order valence-electron chi connectivity index (χ1n) is 4.95. The molecule has 1 unspecified atom stereocenters. The van der Waals surface area contributed by atoms with Crippen molar-refractivity contribution in [3.8, 4) is 6.07 Å². The van der Waals surface area contributed by atoms with E-state index in [1.54, 1.807) is 0 Å². The van der Waals surface area contributed by atoms with Crippen molar-refractivity contribution in [3.05, 3.63) is 0 Å². The van der Waals surface area contributed by atoms with Crippen molar-refractivity contribution in [2.75, 3.05) is 32.7 Å². The van der Waals surface area contributed by atoms with Gasteiger partial charge in [-0.1, -0.05) is 0 Å². The Bertz CT molecular complexity index is 272. The van der Waals surface area contributed by atoms with Crippen LogP contribution in [0.25, 0.3) is 0 Å². The van der Waals surface area contributed by atoms with Crippen LogP contribution < -0.4 is 5.32 Å². The molecule has 1 atom stereocenters. The van der Waals surface area contributed by atoms with Gasteiger partial charge in [0, 0.05) is 39.1 Å². The van der Waals surface area contributed by atoms with Crippen LogP contribution >= 0.6 is 0 Å². The quantitative estimate of drug-likeness (QED) is 0.651. The van der Waals surface area contributed by atoms with Gasteiger partial charge in [0.1, 0.15) is 0 Å². The number of rotatable bonds is 2. The molecular formula is C9H14N4O. The van der Waals surface area contributed by atoms with E-state index in [1.807, 2.05) is 4.90 Å².